The van der Waals surface area contributed by atoms with Gasteiger partial charge in [0, 0.05) is 24.3 Å². The second-order valence-corrected chi connectivity index (χ2v) is 5.67. The molecule has 0 aromatic heterocycles. The fourth-order valence-electron chi connectivity index (χ4n) is 3.02. The van der Waals surface area contributed by atoms with Gasteiger partial charge < -0.3 is 9.64 Å². The van der Waals surface area contributed by atoms with Crippen molar-refractivity contribution >= 4 is 12.0 Å². The molecule has 0 amide bonds. The number of benzene rings is 2. The quantitative estimate of drug-likeness (QED) is 0.793. The van der Waals surface area contributed by atoms with Crippen LogP contribution in [0.3, 0.4) is 0 Å². The number of hydrogen-bond donors (Lipinski definition) is 0. The lowest BCUT2D eigenvalue weighted by molar-refractivity contribution is 0.112. The van der Waals surface area contributed by atoms with E-state index in [-0.39, 0.29) is 0 Å². The molecule has 0 spiro atoms. The normalized spacial score (nSPS) is 14.7. The molecule has 3 nitrogen and oxygen atoms in total. The molecule has 3 heteroatoms. The summed E-state index contributed by atoms with van der Waals surface area (Å²) < 4.78 is 5.20. The molecule has 3 rings (SSSR count). The van der Waals surface area contributed by atoms with Crippen LogP contribution in [-0.2, 0) is 0 Å². The Kier molecular flexibility index (Phi) is 4.42. The highest BCUT2D eigenvalue weighted by molar-refractivity contribution is 5.89. The van der Waals surface area contributed by atoms with Crippen LogP contribution in [0.5, 0.6) is 5.75 Å². The summed E-state index contributed by atoms with van der Waals surface area (Å²) in [5.74, 6) is 0.823. The Bertz CT molecular complexity index is 643. The third-order valence-electron chi connectivity index (χ3n) is 4.29. The highest BCUT2D eigenvalue weighted by Gasteiger charge is 2.13. The van der Waals surface area contributed by atoms with Crippen molar-refractivity contribution in [1.29, 1.82) is 0 Å². The molecule has 0 atom stereocenters. The third-order valence-corrected chi connectivity index (χ3v) is 4.29. The van der Waals surface area contributed by atoms with E-state index in [4.69, 9.17) is 4.74 Å². The topological polar surface area (TPSA) is 29.5 Å². The number of methoxy groups -OCH3 is 1. The molecule has 1 aliphatic heterocycles. The van der Waals surface area contributed by atoms with Crippen LogP contribution in [0.15, 0.2) is 42.5 Å². The van der Waals surface area contributed by atoms with E-state index in [0.29, 0.717) is 0 Å². The Morgan fingerprint density at radius 3 is 2.36 bits per heavy atom. The number of piperidine rings is 1. The maximum Gasteiger partial charge on any atom is 0.150 e. The molecule has 2 aromatic carbocycles. The van der Waals surface area contributed by atoms with Gasteiger partial charge in [-0.15, -0.1) is 0 Å². The Hall–Kier alpha value is -2.29. The van der Waals surface area contributed by atoms with Crippen molar-refractivity contribution < 1.29 is 9.53 Å². The fraction of sp³-hybridized carbons (Fsp3) is 0.316. The van der Waals surface area contributed by atoms with Gasteiger partial charge in [-0.2, -0.15) is 0 Å². The fourth-order valence-corrected chi connectivity index (χ4v) is 3.02. The van der Waals surface area contributed by atoms with E-state index in [1.807, 2.05) is 30.3 Å². The smallest absolute Gasteiger partial charge is 0.150 e. The molecule has 0 radical (unpaired) electrons. The summed E-state index contributed by atoms with van der Waals surface area (Å²) in [6.45, 7) is 2.20. The Morgan fingerprint density at radius 2 is 1.73 bits per heavy atom. The molecule has 0 unspecified atom stereocenters. The number of ether oxygens (including phenoxy) is 1. The Morgan fingerprint density at radius 1 is 1.00 bits per heavy atom. The van der Waals surface area contributed by atoms with Gasteiger partial charge >= 0.3 is 0 Å². The molecule has 0 N–H and O–H groups in total. The average molecular weight is 295 g/mol. The van der Waals surface area contributed by atoms with Gasteiger partial charge in [-0.1, -0.05) is 12.1 Å². The summed E-state index contributed by atoms with van der Waals surface area (Å²) in [5.41, 5.74) is 3.96. The molecule has 22 heavy (non-hydrogen) atoms. The maximum atomic E-state index is 11.4. The predicted molar refractivity (Wildman–Crippen MR) is 89.9 cm³/mol. The second-order valence-electron chi connectivity index (χ2n) is 5.67. The minimum atomic E-state index is 0.728. The van der Waals surface area contributed by atoms with Crippen LogP contribution in [0, 0.1) is 0 Å². The summed E-state index contributed by atoms with van der Waals surface area (Å²) in [4.78, 5) is 13.8. The van der Waals surface area contributed by atoms with Crippen LogP contribution < -0.4 is 9.64 Å². The molecular formula is C19H21NO2. The lowest BCUT2D eigenvalue weighted by Gasteiger charge is -2.29. The monoisotopic (exact) mass is 295 g/mol. The number of hydrogen-bond acceptors (Lipinski definition) is 3. The van der Waals surface area contributed by atoms with Gasteiger partial charge in [-0.25, -0.2) is 0 Å². The summed E-state index contributed by atoms with van der Waals surface area (Å²) >= 11 is 0. The molecule has 1 aliphatic rings. The van der Waals surface area contributed by atoms with Gasteiger partial charge in [0.2, 0.25) is 0 Å². The van der Waals surface area contributed by atoms with Crippen LogP contribution in [0.2, 0.25) is 0 Å². The Labute approximate surface area is 131 Å². The molecule has 0 saturated carbocycles. The van der Waals surface area contributed by atoms with Crippen molar-refractivity contribution in [3.05, 3.63) is 48.0 Å². The number of anilines is 1. The van der Waals surface area contributed by atoms with Gasteiger partial charge in [0.1, 0.15) is 5.75 Å². The minimum Gasteiger partial charge on any atom is -0.497 e. The van der Waals surface area contributed by atoms with Crippen LogP contribution >= 0.6 is 0 Å². The number of nitrogens with zero attached hydrogens (tertiary/aromatic N) is 1. The van der Waals surface area contributed by atoms with E-state index in [2.05, 4.69) is 17.0 Å². The zero-order chi connectivity index (χ0) is 15.4. The van der Waals surface area contributed by atoms with Gasteiger partial charge in [-0.05, 0) is 60.7 Å². The van der Waals surface area contributed by atoms with Gasteiger partial charge in [0.15, 0.2) is 6.29 Å². The van der Waals surface area contributed by atoms with E-state index in [9.17, 15) is 4.79 Å². The molecule has 114 valence electrons. The lowest BCUT2D eigenvalue weighted by atomic mass is 9.98. The van der Waals surface area contributed by atoms with Gasteiger partial charge in [0.05, 0.1) is 7.11 Å². The first kappa shape index (κ1) is 14.6. The van der Waals surface area contributed by atoms with Crippen LogP contribution in [0.4, 0.5) is 5.69 Å². The first-order chi connectivity index (χ1) is 10.8. The number of rotatable bonds is 4. The van der Waals surface area contributed by atoms with Crippen molar-refractivity contribution in [2.45, 2.75) is 19.3 Å². The van der Waals surface area contributed by atoms with Gasteiger partial charge in [-0.3, -0.25) is 4.79 Å². The van der Waals surface area contributed by atoms with E-state index >= 15 is 0 Å². The second kappa shape index (κ2) is 6.65. The lowest BCUT2D eigenvalue weighted by Crippen LogP contribution is -2.29. The van der Waals surface area contributed by atoms with Crippen molar-refractivity contribution in [3.8, 4) is 16.9 Å². The van der Waals surface area contributed by atoms with Crippen molar-refractivity contribution in [2.75, 3.05) is 25.1 Å². The zero-order valence-corrected chi connectivity index (χ0v) is 12.9. The first-order valence-electron chi connectivity index (χ1n) is 7.80. The molecular weight excluding hydrogens is 274 g/mol. The van der Waals surface area contributed by atoms with Crippen LogP contribution in [0.1, 0.15) is 29.6 Å². The molecule has 1 heterocycles. The number of carbonyl (C=O) groups excluding carboxylic acids is 1. The standard InChI is InChI=1S/C19H21NO2/c1-22-18-9-6-15(7-10-18)19-13-17(8-5-16(19)14-21)20-11-3-2-4-12-20/h5-10,13-14H,2-4,11-12H2,1H3. The van der Waals surface area contributed by atoms with Gasteiger partial charge in [0.25, 0.3) is 0 Å². The first-order valence-corrected chi connectivity index (χ1v) is 7.80. The predicted octanol–water partition coefficient (Wildman–Crippen LogP) is 4.17. The molecule has 2 aromatic rings. The third kappa shape index (κ3) is 2.98. The van der Waals surface area contributed by atoms with E-state index < -0.39 is 0 Å². The summed E-state index contributed by atoms with van der Waals surface area (Å²) in [6, 6.07) is 14.0. The van der Waals surface area contributed by atoms with Crippen molar-refractivity contribution in [1.82, 2.24) is 0 Å². The van der Waals surface area contributed by atoms with Crippen LogP contribution in [-0.4, -0.2) is 26.5 Å². The van der Waals surface area contributed by atoms with E-state index in [1.54, 1.807) is 7.11 Å². The highest BCUT2D eigenvalue weighted by Crippen LogP contribution is 2.30. The summed E-state index contributed by atoms with van der Waals surface area (Å²) in [7, 11) is 1.66. The molecule has 1 fully saturated rings. The molecule has 0 aliphatic carbocycles. The minimum absolute atomic E-state index is 0.728. The maximum absolute atomic E-state index is 11.4. The molecule has 0 bridgehead atoms. The zero-order valence-electron chi connectivity index (χ0n) is 12.9. The number of aldehydes is 1. The van der Waals surface area contributed by atoms with E-state index in [1.165, 1.54) is 24.9 Å². The Balaban J connectivity index is 1.97. The summed E-state index contributed by atoms with van der Waals surface area (Å²) in [6.07, 6.45) is 4.73. The van der Waals surface area contributed by atoms with Crippen LogP contribution in [0.25, 0.3) is 11.1 Å². The SMILES string of the molecule is COc1ccc(-c2cc(N3CCCCC3)ccc2C=O)cc1. The molecule has 1 saturated heterocycles. The van der Waals surface area contributed by atoms with Crippen molar-refractivity contribution in [2.24, 2.45) is 0 Å². The number of carbonyl (C=O) groups is 1. The van der Waals surface area contributed by atoms with E-state index in [0.717, 1.165) is 41.8 Å². The highest BCUT2D eigenvalue weighted by atomic mass is 16.5. The summed E-state index contributed by atoms with van der Waals surface area (Å²) in [5, 5.41) is 0. The largest absolute Gasteiger partial charge is 0.497 e. The average Bonchev–Trinajstić information content (AvgIpc) is 2.62. The van der Waals surface area contributed by atoms with Crippen molar-refractivity contribution in [3.63, 3.8) is 0 Å².